The van der Waals surface area contributed by atoms with Crippen LogP contribution >= 0.6 is 0 Å². The first kappa shape index (κ1) is 15.3. The van der Waals surface area contributed by atoms with Crippen LogP contribution in [0, 0.1) is 5.82 Å². The predicted molar refractivity (Wildman–Crippen MR) is 88.2 cm³/mol. The van der Waals surface area contributed by atoms with Gasteiger partial charge < -0.3 is 14.2 Å². The minimum absolute atomic E-state index is 0.106. The second kappa shape index (κ2) is 6.32. The van der Waals surface area contributed by atoms with Gasteiger partial charge in [0.2, 0.25) is 6.79 Å². The van der Waals surface area contributed by atoms with Crippen molar-refractivity contribution in [3.05, 3.63) is 53.3 Å². The Morgan fingerprint density at radius 2 is 2.00 bits per heavy atom. The fraction of sp³-hybridized carbons (Fsp3) is 0.368. The Bertz CT molecular complexity index is 749. The van der Waals surface area contributed by atoms with Crippen molar-refractivity contribution in [2.24, 2.45) is 0 Å². The summed E-state index contributed by atoms with van der Waals surface area (Å²) in [5.74, 6) is 2.42. The normalized spacial score (nSPS) is 19.7. The highest BCUT2D eigenvalue weighted by Gasteiger charge is 2.27. The number of hydrogen-bond donors (Lipinski definition) is 0. The second-order valence-corrected chi connectivity index (χ2v) is 6.26. The Kier molecular flexibility index (Phi) is 4.02. The number of nitrogens with zero attached hydrogens (tertiary/aromatic N) is 1. The van der Waals surface area contributed by atoms with Crippen molar-refractivity contribution in [2.75, 3.05) is 27.0 Å². The average Bonchev–Trinajstić information content (AvgIpc) is 3.23. The van der Waals surface area contributed by atoms with Crippen LogP contribution in [0.4, 0.5) is 4.39 Å². The summed E-state index contributed by atoms with van der Waals surface area (Å²) in [6.45, 7) is 2.79. The van der Waals surface area contributed by atoms with Crippen molar-refractivity contribution < 1.29 is 18.6 Å². The molecule has 0 aliphatic carbocycles. The highest BCUT2D eigenvalue weighted by molar-refractivity contribution is 5.51. The fourth-order valence-corrected chi connectivity index (χ4v) is 3.56. The monoisotopic (exact) mass is 329 g/mol. The van der Waals surface area contributed by atoms with Gasteiger partial charge >= 0.3 is 0 Å². The van der Waals surface area contributed by atoms with E-state index in [0.717, 1.165) is 54.4 Å². The molecule has 1 atom stereocenters. The lowest BCUT2D eigenvalue weighted by atomic mass is 9.98. The Balaban J connectivity index is 1.50. The highest BCUT2D eigenvalue weighted by Crippen LogP contribution is 2.39. The molecule has 24 heavy (non-hydrogen) atoms. The van der Waals surface area contributed by atoms with Crippen molar-refractivity contribution in [2.45, 2.75) is 18.9 Å². The number of rotatable bonds is 4. The predicted octanol–water partition coefficient (Wildman–Crippen LogP) is 3.55. The fourth-order valence-electron chi connectivity index (χ4n) is 3.56. The molecular formula is C19H20FNO3. The lowest BCUT2D eigenvalue weighted by Crippen LogP contribution is -2.20. The van der Waals surface area contributed by atoms with Crippen LogP contribution in [0.15, 0.2) is 36.4 Å². The SMILES string of the molecule is COc1cc2c(cc1CN1CCC(c3ccccc3F)C1)OCO2. The number of halogens is 1. The van der Waals surface area contributed by atoms with Crippen LogP contribution in [0.25, 0.3) is 0 Å². The maximum absolute atomic E-state index is 14.0. The van der Waals surface area contributed by atoms with Gasteiger partial charge in [-0.1, -0.05) is 18.2 Å². The lowest BCUT2D eigenvalue weighted by molar-refractivity contribution is 0.174. The van der Waals surface area contributed by atoms with E-state index in [1.54, 1.807) is 19.2 Å². The summed E-state index contributed by atoms with van der Waals surface area (Å²) in [6.07, 6.45) is 0.966. The van der Waals surface area contributed by atoms with Gasteiger partial charge in [-0.15, -0.1) is 0 Å². The van der Waals surface area contributed by atoms with Crippen LogP contribution in [-0.4, -0.2) is 31.9 Å². The largest absolute Gasteiger partial charge is 0.496 e. The van der Waals surface area contributed by atoms with E-state index in [1.165, 1.54) is 0 Å². The molecule has 0 amide bonds. The van der Waals surface area contributed by atoms with E-state index in [2.05, 4.69) is 4.90 Å². The Morgan fingerprint density at radius 3 is 2.79 bits per heavy atom. The Hall–Kier alpha value is -2.27. The van der Waals surface area contributed by atoms with Crippen molar-refractivity contribution >= 4 is 0 Å². The summed E-state index contributed by atoms with van der Waals surface area (Å²) < 4.78 is 30.3. The van der Waals surface area contributed by atoms with E-state index in [-0.39, 0.29) is 18.5 Å². The summed E-state index contributed by atoms with van der Waals surface area (Å²) in [5.41, 5.74) is 1.88. The standard InChI is InChI=1S/C19H20FNO3/c1-22-17-9-19-18(23-12-24-19)8-14(17)11-21-7-6-13(10-21)15-4-2-3-5-16(15)20/h2-5,8-9,13H,6-7,10-12H2,1H3. The number of methoxy groups -OCH3 is 1. The molecule has 2 aliphatic rings. The van der Waals surface area contributed by atoms with Gasteiger partial charge in [-0.25, -0.2) is 4.39 Å². The maximum atomic E-state index is 14.0. The first-order valence-electron chi connectivity index (χ1n) is 8.18. The molecule has 2 aromatic carbocycles. The van der Waals surface area contributed by atoms with E-state index < -0.39 is 0 Å². The van der Waals surface area contributed by atoms with Crippen molar-refractivity contribution in [3.8, 4) is 17.2 Å². The first-order valence-corrected chi connectivity index (χ1v) is 8.18. The summed E-state index contributed by atoms with van der Waals surface area (Å²) in [5, 5.41) is 0. The molecule has 0 radical (unpaired) electrons. The van der Waals surface area contributed by atoms with E-state index in [9.17, 15) is 4.39 Å². The van der Waals surface area contributed by atoms with Crippen molar-refractivity contribution in [1.82, 2.24) is 4.90 Å². The van der Waals surface area contributed by atoms with Gasteiger partial charge in [0.15, 0.2) is 11.5 Å². The summed E-state index contributed by atoms with van der Waals surface area (Å²) >= 11 is 0. The van der Waals surface area contributed by atoms with Crippen LogP contribution < -0.4 is 14.2 Å². The first-order chi connectivity index (χ1) is 11.7. The van der Waals surface area contributed by atoms with Crippen LogP contribution in [0.3, 0.4) is 0 Å². The molecule has 1 saturated heterocycles. The number of ether oxygens (including phenoxy) is 3. The molecule has 126 valence electrons. The van der Waals surface area contributed by atoms with E-state index in [4.69, 9.17) is 14.2 Å². The molecule has 4 nitrogen and oxygen atoms in total. The van der Waals surface area contributed by atoms with Gasteiger partial charge in [-0.3, -0.25) is 4.90 Å². The zero-order chi connectivity index (χ0) is 16.5. The Morgan fingerprint density at radius 1 is 1.21 bits per heavy atom. The molecule has 2 aromatic rings. The quantitative estimate of drug-likeness (QED) is 0.858. The van der Waals surface area contributed by atoms with Crippen LogP contribution in [0.5, 0.6) is 17.2 Å². The molecule has 2 aliphatic heterocycles. The van der Waals surface area contributed by atoms with E-state index in [1.807, 2.05) is 24.3 Å². The molecule has 0 spiro atoms. The molecular weight excluding hydrogens is 309 g/mol. The van der Waals surface area contributed by atoms with Crippen molar-refractivity contribution in [3.63, 3.8) is 0 Å². The van der Waals surface area contributed by atoms with Crippen LogP contribution in [0.1, 0.15) is 23.5 Å². The van der Waals surface area contributed by atoms with Gasteiger partial charge in [-0.2, -0.15) is 0 Å². The summed E-state index contributed by atoms with van der Waals surface area (Å²) in [7, 11) is 1.66. The molecule has 0 saturated carbocycles. The zero-order valence-electron chi connectivity index (χ0n) is 13.6. The van der Waals surface area contributed by atoms with Crippen LogP contribution in [-0.2, 0) is 6.54 Å². The minimum atomic E-state index is -0.106. The third-order valence-corrected chi connectivity index (χ3v) is 4.79. The molecule has 2 heterocycles. The second-order valence-electron chi connectivity index (χ2n) is 6.26. The topological polar surface area (TPSA) is 30.9 Å². The molecule has 4 rings (SSSR count). The molecule has 1 fully saturated rings. The highest BCUT2D eigenvalue weighted by atomic mass is 19.1. The van der Waals surface area contributed by atoms with E-state index >= 15 is 0 Å². The third-order valence-electron chi connectivity index (χ3n) is 4.79. The van der Waals surface area contributed by atoms with Gasteiger partial charge in [-0.05, 0) is 30.7 Å². The summed E-state index contributed by atoms with van der Waals surface area (Å²) in [6, 6.07) is 10.9. The van der Waals surface area contributed by atoms with Gasteiger partial charge in [0.25, 0.3) is 0 Å². The third kappa shape index (κ3) is 2.80. The minimum Gasteiger partial charge on any atom is -0.496 e. The Labute approximate surface area is 140 Å². The molecule has 0 aromatic heterocycles. The molecule has 0 bridgehead atoms. The van der Waals surface area contributed by atoms with Crippen molar-refractivity contribution in [1.29, 1.82) is 0 Å². The lowest BCUT2D eigenvalue weighted by Gasteiger charge is -2.18. The average molecular weight is 329 g/mol. The maximum Gasteiger partial charge on any atom is 0.231 e. The zero-order valence-corrected chi connectivity index (χ0v) is 13.6. The number of benzene rings is 2. The van der Waals surface area contributed by atoms with E-state index in [0.29, 0.717) is 0 Å². The number of hydrogen-bond acceptors (Lipinski definition) is 4. The van der Waals surface area contributed by atoms with Gasteiger partial charge in [0, 0.05) is 30.6 Å². The van der Waals surface area contributed by atoms with Gasteiger partial charge in [0.1, 0.15) is 11.6 Å². The summed E-state index contributed by atoms with van der Waals surface area (Å²) in [4.78, 5) is 2.33. The van der Waals surface area contributed by atoms with Gasteiger partial charge in [0.05, 0.1) is 7.11 Å². The van der Waals surface area contributed by atoms with Crippen LogP contribution in [0.2, 0.25) is 0 Å². The number of fused-ring (bicyclic) bond motifs is 1. The molecule has 1 unspecified atom stereocenters. The molecule has 5 heteroatoms. The molecule has 0 N–H and O–H groups in total. The number of likely N-dealkylation sites (tertiary alicyclic amines) is 1. The smallest absolute Gasteiger partial charge is 0.231 e.